The topological polar surface area (TPSA) is 83.4 Å². The smallest absolute Gasteiger partial charge is 0.326 e. The van der Waals surface area contributed by atoms with Crippen LogP contribution in [0.2, 0.25) is 0 Å². The number of piperidine rings is 1. The number of hydrogen-bond donors (Lipinski definition) is 1. The summed E-state index contributed by atoms with van der Waals surface area (Å²) >= 11 is 0. The fourth-order valence-corrected chi connectivity index (χ4v) is 2.27. The van der Waals surface area contributed by atoms with Gasteiger partial charge < -0.3 is 10.0 Å². The minimum absolute atomic E-state index is 0.200. The third-order valence-electron chi connectivity index (χ3n) is 3.41. The molecular formula is C13H17N3O3. The number of aryl methyl sites for hydroxylation is 1. The first-order valence-electron chi connectivity index (χ1n) is 6.31. The van der Waals surface area contributed by atoms with E-state index in [1.54, 1.807) is 6.92 Å². The standard InChI is InChI=1S/C13H17N3O3/c1-8-3-4-16(11(5-8)13(18)19)12(17)10-7-14-9(2)6-15-10/h6-8,11H,3-5H2,1-2H3,(H,18,19). The molecule has 1 aliphatic heterocycles. The summed E-state index contributed by atoms with van der Waals surface area (Å²) in [4.78, 5) is 33.0. The van der Waals surface area contributed by atoms with Crippen molar-refractivity contribution >= 4 is 11.9 Å². The molecule has 0 bridgehead atoms. The highest BCUT2D eigenvalue weighted by Crippen LogP contribution is 2.23. The lowest BCUT2D eigenvalue weighted by molar-refractivity contribution is -0.144. The molecule has 1 aromatic rings. The second-order valence-electron chi connectivity index (χ2n) is 5.03. The number of amides is 1. The van der Waals surface area contributed by atoms with Crippen LogP contribution in [0.15, 0.2) is 12.4 Å². The molecule has 19 heavy (non-hydrogen) atoms. The summed E-state index contributed by atoms with van der Waals surface area (Å²) < 4.78 is 0. The molecule has 102 valence electrons. The molecule has 1 aromatic heterocycles. The van der Waals surface area contributed by atoms with Crippen molar-refractivity contribution in [2.45, 2.75) is 32.7 Å². The summed E-state index contributed by atoms with van der Waals surface area (Å²) in [6.07, 6.45) is 4.21. The minimum Gasteiger partial charge on any atom is -0.480 e. The van der Waals surface area contributed by atoms with Crippen molar-refractivity contribution in [2.75, 3.05) is 6.54 Å². The van der Waals surface area contributed by atoms with E-state index in [-0.39, 0.29) is 11.6 Å². The molecule has 0 saturated carbocycles. The number of carbonyl (C=O) groups is 2. The maximum atomic E-state index is 12.3. The van der Waals surface area contributed by atoms with Gasteiger partial charge in [-0.3, -0.25) is 9.78 Å². The van der Waals surface area contributed by atoms with E-state index in [0.717, 1.165) is 12.1 Å². The molecule has 1 amide bonds. The molecule has 2 atom stereocenters. The summed E-state index contributed by atoms with van der Waals surface area (Å²) in [6, 6.07) is -0.764. The molecule has 2 rings (SSSR count). The summed E-state index contributed by atoms with van der Waals surface area (Å²) in [5.41, 5.74) is 0.921. The Morgan fingerprint density at radius 3 is 2.68 bits per heavy atom. The Bertz CT molecular complexity index is 486. The van der Waals surface area contributed by atoms with Crippen molar-refractivity contribution in [1.82, 2.24) is 14.9 Å². The predicted molar refractivity (Wildman–Crippen MR) is 67.6 cm³/mol. The first-order chi connectivity index (χ1) is 8.99. The monoisotopic (exact) mass is 263 g/mol. The molecule has 0 radical (unpaired) electrons. The van der Waals surface area contributed by atoms with Crippen LogP contribution in [0, 0.1) is 12.8 Å². The van der Waals surface area contributed by atoms with Gasteiger partial charge >= 0.3 is 5.97 Å². The number of nitrogens with zero attached hydrogens (tertiary/aromatic N) is 3. The van der Waals surface area contributed by atoms with E-state index in [4.69, 9.17) is 0 Å². The van der Waals surface area contributed by atoms with E-state index >= 15 is 0 Å². The van der Waals surface area contributed by atoms with E-state index < -0.39 is 12.0 Å². The van der Waals surface area contributed by atoms with E-state index in [1.165, 1.54) is 17.3 Å². The van der Waals surface area contributed by atoms with Gasteiger partial charge in [-0.2, -0.15) is 0 Å². The quantitative estimate of drug-likeness (QED) is 0.864. The van der Waals surface area contributed by atoms with Gasteiger partial charge in [0, 0.05) is 12.7 Å². The van der Waals surface area contributed by atoms with Crippen LogP contribution in [0.5, 0.6) is 0 Å². The van der Waals surface area contributed by atoms with E-state index in [2.05, 4.69) is 9.97 Å². The van der Waals surface area contributed by atoms with Gasteiger partial charge in [-0.25, -0.2) is 9.78 Å². The number of aromatic nitrogens is 2. The second-order valence-corrected chi connectivity index (χ2v) is 5.03. The summed E-state index contributed by atoms with van der Waals surface area (Å²) in [5, 5.41) is 9.24. The third kappa shape index (κ3) is 2.89. The number of carboxylic acid groups (broad SMARTS) is 1. The zero-order valence-electron chi connectivity index (χ0n) is 11.0. The zero-order chi connectivity index (χ0) is 14.0. The Labute approximate surface area is 111 Å². The SMILES string of the molecule is Cc1cnc(C(=O)N2CCC(C)CC2C(=O)O)cn1. The van der Waals surface area contributed by atoms with Crippen LogP contribution < -0.4 is 0 Å². The molecule has 1 saturated heterocycles. The zero-order valence-corrected chi connectivity index (χ0v) is 11.0. The maximum Gasteiger partial charge on any atom is 0.326 e. The summed E-state index contributed by atoms with van der Waals surface area (Å²) in [7, 11) is 0. The Morgan fingerprint density at radius 2 is 2.11 bits per heavy atom. The Kier molecular flexibility index (Phi) is 3.78. The minimum atomic E-state index is -0.958. The second kappa shape index (κ2) is 5.34. The fourth-order valence-electron chi connectivity index (χ4n) is 2.27. The van der Waals surface area contributed by atoms with E-state index in [1.807, 2.05) is 6.92 Å². The Hall–Kier alpha value is -1.98. The largest absolute Gasteiger partial charge is 0.480 e. The van der Waals surface area contributed by atoms with Gasteiger partial charge in [-0.15, -0.1) is 0 Å². The van der Waals surface area contributed by atoms with Gasteiger partial charge in [-0.05, 0) is 25.7 Å². The van der Waals surface area contributed by atoms with Crippen molar-refractivity contribution < 1.29 is 14.7 Å². The molecule has 1 N–H and O–H groups in total. The molecular weight excluding hydrogens is 246 g/mol. The van der Waals surface area contributed by atoms with Crippen LogP contribution in [0.4, 0.5) is 0 Å². The number of hydrogen-bond acceptors (Lipinski definition) is 4. The van der Waals surface area contributed by atoms with Crippen LogP contribution in [-0.4, -0.2) is 44.4 Å². The van der Waals surface area contributed by atoms with Crippen molar-refractivity contribution in [3.05, 3.63) is 23.8 Å². The number of aliphatic carboxylic acids is 1. The number of carboxylic acids is 1. The number of likely N-dealkylation sites (tertiary alicyclic amines) is 1. The van der Waals surface area contributed by atoms with Gasteiger partial charge in [0.25, 0.3) is 5.91 Å². The molecule has 2 heterocycles. The highest BCUT2D eigenvalue weighted by molar-refractivity contribution is 5.94. The molecule has 2 unspecified atom stereocenters. The van der Waals surface area contributed by atoms with Gasteiger partial charge in [0.05, 0.1) is 11.9 Å². The molecule has 0 spiro atoms. The Balaban J connectivity index is 2.21. The molecule has 0 aromatic carbocycles. The first kappa shape index (κ1) is 13.5. The van der Waals surface area contributed by atoms with Gasteiger partial charge in [0.2, 0.25) is 0 Å². The van der Waals surface area contributed by atoms with Crippen LogP contribution in [-0.2, 0) is 4.79 Å². The normalized spacial score (nSPS) is 23.2. The van der Waals surface area contributed by atoms with Crippen LogP contribution in [0.25, 0.3) is 0 Å². The van der Waals surface area contributed by atoms with Crippen molar-refractivity contribution in [2.24, 2.45) is 5.92 Å². The average Bonchev–Trinajstić information content (AvgIpc) is 2.38. The van der Waals surface area contributed by atoms with Crippen molar-refractivity contribution in [1.29, 1.82) is 0 Å². The lowest BCUT2D eigenvalue weighted by Gasteiger charge is -2.35. The maximum absolute atomic E-state index is 12.3. The van der Waals surface area contributed by atoms with Crippen LogP contribution in [0.1, 0.15) is 35.9 Å². The lowest BCUT2D eigenvalue weighted by Crippen LogP contribution is -2.50. The predicted octanol–water partition coefficient (Wildman–Crippen LogP) is 1.11. The van der Waals surface area contributed by atoms with Crippen molar-refractivity contribution in [3.63, 3.8) is 0 Å². The molecule has 6 heteroatoms. The van der Waals surface area contributed by atoms with Gasteiger partial charge in [-0.1, -0.05) is 6.92 Å². The van der Waals surface area contributed by atoms with E-state index in [9.17, 15) is 14.7 Å². The van der Waals surface area contributed by atoms with Crippen molar-refractivity contribution in [3.8, 4) is 0 Å². The van der Waals surface area contributed by atoms with Gasteiger partial charge in [0.15, 0.2) is 0 Å². The molecule has 1 fully saturated rings. The lowest BCUT2D eigenvalue weighted by atomic mass is 9.92. The summed E-state index contributed by atoms with van der Waals surface area (Å²) in [5.74, 6) is -0.999. The average molecular weight is 263 g/mol. The Morgan fingerprint density at radius 1 is 1.37 bits per heavy atom. The van der Waals surface area contributed by atoms with Crippen LogP contribution in [0.3, 0.4) is 0 Å². The van der Waals surface area contributed by atoms with Crippen LogP contribution >= 0.6 is 0 Å². The molecule has 6 nitrogen and oxygen atoms in total. The highest BCUT2D eigenvalue weighted by atomic mass is 16.4. The summed E-state index contributed by atoms with van der Waals surface area (Å²) in [6.45, 7) is 4.24. The first-order valence-corrected chi connectivity index (χ1v) is 6.31. The fraction of sp³-hybridized carbons (Fsp3) is 0.538. The molecule has 0 aliphatic carbocycles. The molecule has 1 aliphatic rings. The number of rotatable bonds is 2. The van der Waals surface area contributed by atoms with E-state index in [0.29, 0.717) is 18.9 Å². The third-order valence-corrected chi connectivity index (χ3v) is 3.41. The highest BCUT2D eigenvalue weighted by Gasteiger charge is 2.35. The number of carbonyl (C=O) groups excluding carboxylic acids is 1. The van der Waals surface area contributed by atoms with Gasteiger partial charge in [0.1, 0.15) is 11.7 Å².